The van der Waals surface area contributed by atoms with E-state index in [0.29, 0.717) is 11.1 Å². The van der Waals surface area contributed by atoms with Gasteiger partial charge in [-0.3, -0.25) is 19.3 Å². The van der Waals surface area contributed by atoms with Crippen molar-refractivity contribution in [1.82, 2.24) is 4.90 Å². The number of amides is 3. The molecular formula is C20H16N2O3S. The van der Waals surface area contributed by atoms with Gasteiger partial charge >= 0.3 is 0 Å². The van der Waals surface area contributed by atoms with Crippen LogP contribution in [0.25, 0.3) is 0 Å². The second-order valence-electron chi connectivity index (χ2n) is 7.30. The number of carbonyl (C=O) groups excluding carboxylic acids is 3. The lowest BCUT2D eigenvalue weighted by atomic mass is 9.83. The van der Waals surface area contributed by atoms with E-state index in [4.69, 9.17) is 0 Å². The van der Waals surface area contributed by atoms with Crippen molar-refractivity contribution in [2.75, 3.05) is 4.90 Å². The van der Waals surface area contributed by atoms with E-state index in [-0.39, 0.29) is 28.5 Å². The van der Waals surface area contributed by atoms with Gasteiger partial charge in [-0.1, -0.05) is 24.3 Å². The van der Waals surface area contributed by atoms with Crippen LogP contribution in [0.1, 0.15) is 34.6 Å². The molecule has 3 heterocycles. The number of imide groups is 1. The maximum atomic E-state index is 13.0. The predicted molar refractivity (Wildman–Crippen MR) is 98.4 cm³/mol. The molecular weight excluding hydrogens is 348 g/mol. The first kappa shape index (κ1) is 15.6. The first-order chi connectivity index (χ1) is 12.4. The Morgan fingerprint density at radius 1 is 0.846 bits per heavy atom. The highest BCUT2D eigenvalue weighted by Crippen LogP contribution is 2.54. The summed E-state index contributed by atoms with van der Waals surface area (Å²) in [7, 11) is 0. The predicted octanol–water partition coefficient (Wildman–Crippen LogP) is 2.95. The minimum atomic E-state index is -0.752. The summed E-state index contributed by atoms with van der Waals surface area (Å²) in [6, 6.07) is 13.5. The number of nitrogens with zero attached hydrogens (tertiary/aromatic N) is 2. The smallest absolute Gasteiger partial charge is 0.262 e. The zero-order chi connectivity index (χ0) is 18.2. The fraction of sp³-hybridized carbons (Fsp3) is 0.250. The van der Waals surface area contributed by atoms with E-state index in [0.717, 1.165) is 10.6 Å². The van der Waals surface area contributed by atoms with Gasteiger partial charge < -0.3 is 4.90 Å². The van der Waals surface area contributed by atoms with Crippen molar-refractivity contribution in [1.29, 1.82) is 0 Å². The van der Waals surface area contributed by atoms with Gasteiger partial charge in [-0.25, -0.2) is 0 Å². The summed E-state index contributed by atoms with van der Waals surface area (Å²) in [6.07, 6.45) is 0. The lowest BCUT2D eigenvalue weighted by Gasteiger charge is -2.58. The molecule has 0 unspecified atom stereocenters. The summed E-state index contributed by atoms with van der Waals surface area (Å²) in [5, 5.41) is 0. The van der Waals surface area contributed by atoms with Crippen molar-refractivity contribution in [2.45, 2.75) is 35.6 Å². The Morgan fingerprint density at radius 3 is 2.08 bits per heavy atom. The van der Waals surface area contributed by atoms with Gasteiger partial charge in [0.05, 0.1) is 22.9 Å². The van der Waals surface area contributed by atoms with Crippen LogP contribution in [0.5, 0.6) is 0 Å². The third kappa shape index (κ3) is 1.80. The molecule has 3 amide bonds. The Labute approximate surface area is 155 Å². The first-order valence-electron chi connectivity index (χ1n) is 8.50. The van der Waals surface area contributed by atoms with Crippen molar-refractivity contribution in [3.8, 4) is 0 Å². The fourth-order valence-electron chi connectivity index (χ4n) is 4.23. The largest absolute Gasteiger partial charge is 0.302 e. The maximum absolute atomic E-state index is 13.0. The second-order valence-corrected chi connectivity index (χ2v) is 8.99. The van der Waals surface area contributed by atoms with Crippen LogP contribution in [-0.2, 0) is 4.79 Å². The lowest BCUT2D eigenvalue weighted by Crippen LogP contribution is -2.78. The van der Waals surface area contributed by atoms with E-state index in [1.165, 1.54) is 4.90 Å². The van der Waals surface area contributed by atoms with Crippen molar-refractivity contribution >= 4 is 35.2 Å². The number of β-lactam (4-membered cyclic amide) rings is 1. The minimum Gasteiger partial charge on any atom is -0.302 e. The van der Waals surface area contributed by atoms with E-state index in [2.05, 4.69) is 13.8 Å². The van der Waals surface area contributed by atoms with Crippen LogP contribution < -0.4 is 4.90 Å². The van der Waals surface area contributed by atoms with E-state index in [1.807, 2.05) is 24.3 Å². The SMILES string of the molecule is CC1(C)Sc2ccccc2N2C(=O)[C@@H](N3C(=O)c4ccccc4C3=O)[C@@H]21. The molecule has 0 spiro atoms. The molecule has 2 aromatic rings. The van der Waals surface area contributed by atoms with Gasteiger partial charge in [-0.15, -0.1) is 11.8 Å². The molecule has 3 aliphatic heterocycles. The van der Waals surface area contributed by atoms with Gasteiger partial charge in [-0.05, 0) is 38.1 Å². The highest BCUT2D eigenvalue weighted by Gasteiger charge is 2.63. The van der Waals surface area contributed by atoms with Crippen LogP contribution in [0.2, 0.25) is 0 Å². The van der Waals surface area contributed by atoms with Gasteiger partial charge in [-0.2, -0.15) is 0 Å². The normalized spacial score (nSPS) is 25.5. The van der Waals surface area contributed by atoms with Gasteiger partial charge in [0, 0.05) is 9.64 Å². The molecule has 5 rings (SSSR count). The summed E-state index contributed by atoms with van der Waals surface area (Å²) in [5.74, 6) is -0.933. The zero-order valence-corrected chi connectivity index (χ0v) is 15.1. The molecule has 3 aliphatic rings. The number of para-hydroxylation sites is 1. The fourth-order valence-corrected chi connectivity index (χ4v) is 5.57. The highest BCUT2D eigenvalue weighted by atomic mass is 32.2. The van der Waals surface area contributed by atoms with Gasteiger partial charge in [0.1, 0.15) is 6.04 Å². The summed E-state index contributed by atoms with van der Waals surface area (Å²) in [5.41, 5.74) is 1.62. The van der Waals surface area contributed by atoms with Crippen LogP contribution in [0.15, 0.2) is 53.4 Å². The quantitative estimate of drug-likeness (QED) is 0.577. The third-order valence-corrected chi connectivity index (χ3v) is 6.71. The van der Waals surface area contributed by atoms with Crippen molar-refractivity contribution < 1.29 is 14.4 Å². The first-order valence-corrected chi connectivity index (χ1v) is 9.31. The number of benzene rings is 2. The second kappa shape index (κ2) is 4.98. The number of hydrogen-bond donors (Lipinski definition) is 0. The molecule has 0 aromatic heterocycles. The standard InChI is InChI=1S/C20H16N2O3S/c1-20(2)16-15(19(25)21(16)13-9-5-6-10-14(13)26-20)22-17(23)11-7-3-4-8-12(11)18(22)24/h3-10,15-16H,1-2H3/t15-,16+/m0/s1. The summed E-state index contributed by atoms with van der Waals surface area (Å²) in [6.45, 7) is 4.12. The molecule has 6 heteroatoms. The molecule has 1 fully saturated rings. The molecule has 0 N–H and O–H groups in total. The van der Waals surface area contributed by atoms with Gasteiger partial charge in [0.15, 0.2) is 0 Å². The molecule has 0 aliphatic carbocycles. The highest BCUT2D eigenvalue weighted by molar-refractivity contribution is 8.01. The van der Waals surface area contributed by atoms with E-state index in [1.54, 1.807) is 40.9 Å². The van der Waals surface area contributed by atoms with Crippen molar-refractivity contribution in [3.63, 3.8) is 0 Å². The molecule has 1 saturated heterocycles. The number of hydrogen-bond acceptors (Lipinski definition) is 4. The Bertz CT molecular complexity index is 965. The number of thioether (sulfide) groups is 1. The Balaban J connectivity index is 1.59. The number of rotatable bonds is 1. The Morgan fingerprint density at radius 2 is 1.42 bits per heavy atom. The van der Waals surface area contributed by atoms with Crippen LogP contribution in [-0.4, -0.2) is 39.5 Å². The Hall–Kier alpha value is -2.60. The number of carbonyl (C=O) groups is 3. The molecule has 0 saturated carbocycles. The van der Waals surface area contributed by atoms with Crippen LogP contribution >= 0.6 is 11.8 Å². The number of anilines is 1. The topological polar surface area (TPSA) is 57.7 Å². The molecule has 2 atom stereocenters. The molecule has 5 nitrogen and oxygen atoms in total. The molecule has 0 bridgehead atoms. The zero-order valence-electron chi connectivity index (χ0n) is 14.3. The van der Waals surface area contributed by atoms with Crippen LogP contribution in [0, 0.1) is 0 Å². The van der Waals surface area contributed by atoms with Gasteiger partial charge in [0.25, 0.3) is 17.7 Å². The van der Waals surface area contributed by atoms with Gasteiger partial charge in [0.2, 0.25) is 0 Å². The van der Waals surface area contributed by atoms with Crippen LogP contribution in [0.3, 0.4) is 0 Å². The van der Waals surface area contributed by atoms with Crippen molar-refractivity contribution in [2.24, 2.45) is 0 Å². The molecule has 0 radical (unpaired) electrons. The van der Waals surface area contributed by atoms with E-state index < -0.39 is 6.04 Å². The van der Waals surface area contributed by atoms with E-state index in [9.17, 15) is 14.4 Å². The molecule has 26 heavy (non-hydrogen) atoms. The summed E-state index contributed by atoms with van der Waals surface area (Å²) < 4.78 is -0.317. The average molecular weight is 364 g/mol. The monoisotopic (exact) mass is 364 g/mol. The third-order valence-electron chi connectivity index (χ3n) is 5.38. The molecule has 130 valence electrons. The van der Waals surface area contributed by atoms with Crippen molar-refractivity contribution in [3.05, 3.63) is 59.7 Å². The maximum Gasteiger partial charge on any atom is 0.262 e. The average Bonchev–Trinajstić information content (AvgIpc) is 2.86. The molecule has 2 aromatic carbocycles. The van der Waals surface area contributed by atoms with Crippen LogP contribution in [0.4, 0.5) is 5.69 Å². The number of fused-ring (bicyclic) bond motifs is 4. The Kier molecular flexibility index (Phi) is 2.99. The lowest BCUT2D eigenvalue weighted by molar-refractivity contribution is -0.130. The summed E-state index contributed by atoms with van der Waals surface area (Å²) in [4.78, 5) is 42.7. The minimum absolute atomic E-state index is 0.190. The van der Waals surface area contributed by atoms with E-state index >= 15 is 0 Å². The summed E-state index contributed by atoms with van der Waals surface area (Å²) >= 11 is 1.69.